The molecule has 0 bridgehead atoms. The minimum absolute atomic E-state index is 0.176. The minimum Gasteiger partial charge on any atom is -0.359 e. The zero-order chi connectivity index (χ0) is 17.1. The van der Waals surface area contributed by atoms with Crippen LogP contribution < -0.4 is 10.6 Å². The summed E-state index contributed by atoms with van der Waals surface area (Å²) >= 11 is 3.39. The van der Waals surface area contributed by atoms with Crippen molar-refractivity contribution in [3.05, 3.63) is 69.8 Å². The van der Waals surface area contributed by atoms with Crippen LogP contribution in [-0.4, -0.2) is 11.7 Å². The number of ketones is 1. The van der Waals surface area contributed by atoms with Gasteiger partial charge in [-0.25, -0.2) is 0 Å². The van der Waals surface area contributed by atoms with E-state index in [2.05, 4.69) is 26.6 Å². The van der Waals surface area contributed by atoms with E-state index >= 15 is 0 Å². The van der Waals surface area contributed by atoms with Crippen molar-refractivity contribution in [1.82, 2.24) is 0 Å². The van der Waals surface area contributed by atoms with Gasteiger partial charge in [-0.3, -0.25) is 9.59 Å². The third-order valence-electron chi connectivity index (χ3n) is 3.98. The summed E-state index contributed by atoms with van der Waals surface area (Å²) in [5.41, 5.74) is 3.81. The number of hydrogen-bond donors (Lipinski definition) is 2. The monoisotopic (exact) mass is 384 g/mol. The van der Waals surface area contributed by atoms with Gasteiger partial charge in [-0.2, -0.15) is 0 Å². The van der Waals surface area contributed by atoms with Crippen molar-refractivity contribution in [1.29, 1.82) is 0 Å². The Morgan fingerprint density at radius 2 is 1.79 bits per heavy atom. The van der Waals surface area contributed by atoms with Crippen LogP contribution in [0.25, 0.3) is 0 Å². The minimum atomic E-state index is -0.176. The van der Waals surface area contributed by atoms with Gasteiger partial charge in [0.1, 0.15) is 0 Å². The van der Waals surface area contributed by atoms with Gasteiger partial charge >= 0.3 is 0 Å². The third kappa shape index (κ3) is 3.74. The number of anilines is 2. The van der Waals surface area contributed by atoms with Crippen molar-refractivity contribution in [3.63, 3.8) is 0 Å². The van der Waals surface area contributed by atoms with Crippen LogP contribution in [-0.2, 0) is 4.79 Å². The highest BCUT2D eigenvalue weighted by Gasteiger charge is 2.19. The maximum absolute atomic E-state index is 12.4. The van der Waals surface area contributed by atoms with Crippen LogP contribution in [0.15, 0.2) is 64.3 Å². The number of rotatable bonds is 4. The van der Waals surface area contributed by atoms with Crippen LogP contribution in [0.2, 0.25) is 0 Å². The van der Waals surface area contributed by atoms with Gasteiger partial charge in [0.25, 0.3) is 5.91 Å². The Balaban J connectivity index is 1.75. The first-order chi connectivity index (χ1) is 11.5. The molecule has 0 unspecified atom stereocenters. The highest BCUT2D eigenvalue weighted by atomic mass is 79.9. The van der Waals surface area contributed by atoms with E-state index in [-0.39, 0.29) is 11.7 Å². The Bertz CT molecular complexity index is 843. The van der Waals surface area contributed by atoms with Gasteiger partial charge < -0.3 is 10.6 Å². The van der Waals surface area contributed by atoms with Crippen molar-refractivity contribution >= 4 is 39.0 Å². The van der Waals surface area contributed by atoms with E-state index in [1.165, 1.54) is 0 Å². The number of allylic oxidation sites excluding steroid dienone is 2. The second-order valence-corrected chi connectivity index (χ2v) is 6.61. The molecule has 3 rings (SSSR count). The first-order valence-electron chi connectivity index (χ1n) is 7.70. The van der Waals surface area contributed by atoms with Crippen LogP contribution in [0, 0.1) is 0 Å². The number of carbonyl (C=O) groups is 2. The Morgan fingerprint density at radius 3 is 2.50 bits per heavy atom. The Kier molecular flexibility index (Phi) is 4.81. The summed E-state index contributed by atoms with van der Waals surface area (Å²) < 4.78 is 0.907. The number of halogens is 1. The second kappa shape index (κ2) is 7.01. The van der Waals surface area contributed by atoms with E-state index in [4.69, 9.17) is 0 Å². The molecule has 0 radical (unpaired) electrons. The quantitative estimate of drug-likeness (QED) is 0.799. The average Bonchev–Trinajstić information content (AvgIpc) is 2.87. The number of amides is 1. The van der Waals surface area contributed by atoms with Gasteiger partial charge in [0.15, 0.2) is 5.78 Å². The highest BCUT2D eigenvalue weighted by Crippen LogP contribution is 2.25. The molecule has 0 spiro atoms. The predicted molar refractivity (Wildman–Crippen MR) is 99.1 cm³/mol. The van der Waals surface area contributed by atoms with Crippen molar-refractivity contribution in [2.45, 2.75) is 19.8 Å². The lowest BCUT2D eigenvalue weighted by Gasteiger charge is -2.10. The van der Waals surface area contributed by atoms with Gasteiger partial charge in [0.05, 0.1) is 0 Å². The van der Waals surface area contributed by atoms with Crippen molar-refractivity contribution in [2.75, 3.05) is 10.6 Å². The van der Waals surface area contributed by atoms with Crippen LogP contribution in [0.5, 0.6) is 0 Å². The fourth-order valence-corrected chi connectivity index (χ4v) is 3.02. The van der Waals surface area contributed by atoms with Crippen molar-refractivity contribution in [2.24, 2.45) is 0 Å². The molecule has 0 saturated carbocycles. The predicted octanol–water partition coefficient (Wildman–Crippen LogP) is 4.75. The van der Waals surface area contributed by atoms with E-state index in [1.807, 2.05) is 43.3 Å². The van der Waals surface area contributed by atoms with Crippen LogP contribution in [0.1, 0.15) is 30.1 Å². The van der Waals surface area contributed by atoms with E-state index < -0.39 is 0 Å². The van der Waals surface area contributed by atoms with Crippen molar-refractivity contribution < 1.29 is 9.59 Å². The SMILES string of the molecule is CC1=C(Nc2cccc(C(=O)Nc3cccc(Br)c3)c2)CCC1=O. The topological polar surface area (TPSA) is 58.2 Å². The van der Waals surface area contributed by atoms with E-state index in [0.29, 0.717) is 12.0 Å². The lowest BCUT2D eigenvalue weighted by molar-refractivity contribution is -0.114. The molecule has 1 amide bonds. The summed E-state index contributed by atoms with van der Waals surface area (Å²) in [6, 6.07) is 14.7. The molecule has 0 aliphatic heterocycles. The van der Waals surface area contributed by atoms with Gasteiger partial charge in [-0.15, -0.1) is 0 Å². The molecule has 1 aliphatic rings. The lowest BCUT2D eigenvalue weighted by Crippen LogP contribution is -2.12. The van der Waals surface area contributed by atoms with Gasteiger partial charge in [0, 0.05) is 39.1 Å². The maximum atomic E-state index is 12.4. The molecule has 24 heavy (non-hydrogen) atoms. The third-order valence-corrected chi connectivity index (χ3v) is 4.47. The molecule has 0 saturated heterocycles. The van der Waals surface area contributed by atoms with E-state index in [0.717, 1.165) is 33.5 Å². The molecule has 2 aromatic carbocycles. The number of Topliss-reactive ketones (excluding diaryl/α,β-unsaturated/α-hetero) is 1. The lowest BCUT2D eigenvalue weighted by atomic mass is 10.1. The summed E-state index contributed by atoms with van der Waals surface area (Å²) in [6.45, 7) is 1.83. The van der Waals surface area contributed by atoms with Crippen LogP contribution >= 0.6 is 15.9 Å². The largest absolute Gasteiger partial charge is 0.359 e. The molecular weight excluding hydrogens is 368 g/mol. The molecule has 2 aromatic rings. The number of nitrogens with one attached hydrogen (secondary N) is 2. The van der Waals surface area contributed by atoms with Gasteiger partial charge in [-0.1, -0.05) is 28.1 Å². The number of carbonyl (C=O) groups excluding carboxylic acids is 2. The van der Waals surface area contributed by atoms with Crippen LogP contribution in [0.4, 0.5) is 11.4 Å². The summed E-state index contributed by atoms with van der Waals surface area (Å²) in [7, 11) is 0. The molecule has 4 nitrogen and oxygen atoms in total. The van der Waals surface area contributed by atoms with E-state index in [1.54, 1.807) is 12.1 Å². The molecule has 0 heterocycles. The average molecular weight is 385 g/mol. The zero-order valence-electron chi connectivity index (χ0n) is 13.2. The fraction of sp³-hybridized carbons (Fsp3) is 0.158. The molecule has 0 fully saturated rings. The summed E-state index contributed by atoms with van der Waals surface area (Å²) in [4.78, 5) is 24.0. The molecule has 122 valence electrons. The van der Waals surface area contributed by atoms with E-state index in [9.17, 15) is 9.59 Å². The fourth-order valence-electron chi connectivity index (χ4n) is 2.62. The van der Waals surface area contributed by atoms with Gasteiger partial charge in [0.2, 0.25) is 0 Å². The molecule has 0 aromatic heterocycles. The zero-order valence-corrected chi connectivity index (χ0v) is 14.8. The summed E-state index contributed by atoms with van der Waals surface area (Å²) in [5.74, 6) is 0.00556. The second-order valence-electron chi connectivity index (χ2n) is 5.70. The first-order valence-corrected chi connectivity index (χ1v) is 8.49. The highest BCUT2D eigenvalue weighted by molar-refractivity contribution is 9.10. The molecule has 2 N–H and O–H groups in total. The standard InChI is InChI=1S/C19H17BrN2O2/c1-12-17(8-9-18(12)23)21-15-6-2-4-13(10-15)19(24)22-16-7-3-5-14(20)11-16/h2-7,10-11,21H,8-9H2,1H3,(H,22,24). The summed E-state index contributed by atoms with van der Waals surface area (Å²) in [5, 5.41) is 6.13. The van der Waals surface area contributed by atoms with Crippen LogP contribution in [0.3, 0.4) is 0 Å². The maximum Gasteiger partial charge on any atom is 0.255 e. The Labute approximate surface area is 149 Å². The first kappa shape index (κ1) is 16.5. The van der Waals surface area contributed by atoms with Gasteiger partial charge in [-0.05, 0) is 49.7 Å². The molecule has 1 aliphatic carbocycles. The Morgan fingerprint density at radius 1 is 1.04 bits per heavy atom. The molecule has 5 heteroatoms. The molecule has 0 atom stereocenters. The molecular formula is C19H17BrN2O2. The Hall–Kier alpha value is -2.40. The number of benzene rings is 2. The number of hydrogen-bond acceptors (Lipinski definition) is 3. The normalized spacial score (nSPS) is 14.0. The summed E-state index contributed by atoms with van der Waals surface area (Å²) in [6.07, 6.45) is 1.27. The van der Waals surface area contributed by atoms with Crippen molar-refractivity contribution in [3.8, 4) is 0 Å². The smallest absolute Gasteiger partial charge is 0.255 e.